The second kappa shape index (κ2) is 6.39. The quantitative estimate of drug-likeness (QED) is 0.770. The van der Waals surface area contributed by atoms with Crippen LogP contribution in [0.1, 0.15) is 44.8 Å². The fraction of sp³-hybridized carbons (Fsp3) is 0.733. The number of furan rings is 1. The molecule has 3 nitrogen and oxygen atoms in total. The zero-order valence-electron chi connectivity index (χ0n) is 11.6. The Morgan fingerprint density at radius 1 is 1.50 bits per heavy atom. The summed E-state index contributed by atoms with van der Waals surface area (Å²) in [6, 6.07) is 4.47. The summed E-state index contributed by atoms with van der Waals surface area (Å²) in [7, 11) is 1.85. The minimum atomic E-state index is 0.123. The van der Waals surface area contributed by atoms with Gasteiger partial charge in [-0.25, -0.2) is 0 Å². The van der Waals surface area contributed by atoms with E-state index >= 15 is 0 Å². The molecule has 1 aliphatic rings. The second-order valence-electron chi connectivity index (χ2n) is 5.38. The summed E-state index contributed by atoms with van der Waals surface area (Å²) in [5.41, 5.74) is 0.123. The minimum Gasteiger partial charge on any atom is -0.469 e. The van der Waals surface area contributed by atoms with Gasteiger partial charge < -0.3 is 14.5 Å². The molecule has 1 saturated carbocycles. The van der Waals surface area contributed by atoms with E-state index in [2.05, 4.69) is 18.3 Å². The van der Waals surface area contributed by atoms with Gasteiger partial charge >= 0.3 is 0 Å². The van der Waals surface area contributed by atoms with Gasteiger partial charge in [0.1, 0.15) is 5.76 Å². The molecule has 1 atom stereocenters. The maximum absolute atomic E-state index is 5.73. The van der Waals surface area contributed by atoms with Gasteiger partial charge in [-0.15, -0.1) is 0 Å². The molecule has 0 spiro atoms. The van der Waals surface area contributed by atoms with Crippen molar-refractivity contribution in [3.8, 4) is 0 Å². The van der Waals surface area contributed by atoms with Crippen LogP contribution in [0.15, 0.2) is 22.8 Å². The molecule has 1 unspecified atom stereocenters. The molecule has 1 N–H and O–H groups in total. The molecule has 3 heteroatoms. The van der Waals surface area contributed by atoms with Crippen LogP contribution < -0.4 is 5.32 Å². The van der Waals surface area contributed by atoms with Gasteiger partial charge in [0, 0.05) is 19.6 Å². The summed E-state index contributed by atoms with van der Waals surface area (Å²) in [5, 5.41) is 3.63. The van der Waals surface area contributed by atoms with Gasteiger partial charge in [0.2, 0.25) is 0 Å². The van der Waals surface area contributed by atoms with E-state index in [0.29, 0.717) is 6.04 Å². The molecule has 18 heavy (non-hydrogen) atoms. The SMILES string of the molecule is CCCNC(Cc1ccco1)CC1(OC)CCC1. The third-order valence-electron chi connectivity index (χ3n) is 4.03. The van der Waals surface area contributed by atoms with Crippen LogP contribution in [0.4, 0.5) is 0 Å². The molecule has 0 bridgehead atoms. The van der Waals surface area contributed by atoms with Crippen molar-refractivity contribution in [3.05, 3.63) is 24.2 Å². The van der Waals surface area contributed by atoms with E-state index in [1.807, 2.05) is 13.2 Å². The first-order chi connectivity index (χ1) is 8.78. The number of methoxy groups -OCH3 is 1. The van der Waals surface area contributed by atoms with Crippen LogP contribution in [0.2, 0.25) is 0 Å². The first-order valence-electron chi connectivity index (χ1n) is 7.09. The van der Waals surface area contributed by atoms with Gasteiger partial charge in [-0.05, 0) is 50.8 Å². The van der Waals surface area contributed by atoms with Crippen LogP contribution in [0.3, 0.4) is 0 Å². The first-order valence-corrected chi connectivity index (χ1v) is 7.09. The summed E-state index contributed by atoms with van der Waals surface area (Å²) in [5.74, 6) is 1.06. The van der Waals surface area contributed by atoms with Gasteiger partial charge in [0.15, 0.2) is 0 Å². The maximum Gasteiger partial charge on any atom is 0.105 e. The van der Waals surface area contributed by atoms with Gasteiger partial charge in [-0.3, -0.25) is 0 Å². The summed E-state index contributed by atoms with van der Waals surface area (Å²) in [6.45, 7) is 3.26. The monoisotopic (exact) mass is 251 g/mol. The Morgan fingerprint density at radius 3 is 2.83 bits per heavy atom. The van der Waals surface area contributed by atoms with Crippen LogP contribution in [0.5, 0.6) is 0 Å². The van der Waals surface area contributed by atoms with Crippen molar-refractivity contribution in [1.82, 2.24) is 5.32 Å². The molecule has 1 heterocycles. The van der Waals surface area contributed by atoms with E-state index in [9.17, 15) is 0 Å². The van der Waals surface area contributed by atoms with Crippen molar-refractivity contribution < 1.29 is 9.15 Å². The molecule has 1 fully saturated rings. The highest BCUT2D eigenvalue weighted by Gasteiger charge is 2.38. The van der Waals surface area contributed by atoms with E-state index in [4.69, 9.17) is 9.15 Å². The Bertz CT molecular complexity index is 325. The minimum absolute atomic E-state index is 0.123. The molecule has 1 aromatic rings. The Balaban J connectivity index is 1.91. The van der Waals surface area contributed by atoms with Crippen LogP contribution >= 0.6 is 0 Å². The second-order valence-corrected chi connectivity index (χ2v) is 5.38. The van der Waals surface area contributed by atoms with E-state index in [1.165, 1.54) is 19.3 Å². The molecule has 0 amide bonds. The highest BCUT2D eigenvalue weighted by molar-refractivity contribution is 5.03. The third kappa shape index (κ3) is 3.36. The van der Waals surface area contributed by atoms with E-state index in [-0.39, 0.29) is 5.60 Å². The number of hydrogen-bond acceptors (Lipinski definition) is 3. The number of rotatable bonds is 8. The van der Waals surface area contributed by atoms with Gasteiger partial charge in [-0.2, -0.15) is 0 Å². The Kier molecular flexibility index (Phi) is 4.84. The Hall–Kier alpha value is -0.800. The lowest BCUT2D eigenvalue weighted by molar-refractivity contribution is -0.0835. The molecule has 0 radical (unpaired) electrons. The van der Waals surface area contributed by atoms with Crippen molar-refractivity contribution >= 4 is 0 Å². The van der Waals surface area contributed by atoms with Crippen molar-refractivity contribution in [2.45, 2.75) is 57.1 Å². The molecule has 0 aliphatic heterocycles. The van der Waals surface area contributed by atoms with Crippen LogP contribution in [0, 0.1) is 0 Å². The zero-order chi connectivity index (χ0) is 12.8. The van der Waals surface area contributed by atoms with Crippen molar-refractivity contribution in [3.63, 3.8) is 0 Å². The van der Waals surface area contributed by atoms with Crippen molar-refractivity contribution in [2.24, 2.45) is 0 Å². The Morgan fingerprint density at radius 2 is 2.33 bits per heavy atom. The lowest BCUT2D eigenvalue weighted by atomic mass is 9.75. The fourth-order valence-corrected chi connectivity index (χ4v) is 2.75. The molecular weight excluding hydrogens is 226 g/mol. The number of hydrogen-bond donors (Lipinski definition) is 1. The zero-order valence-corrected chi connectivity index (χ0v) is 11.6. The van der Waals surface area contributed by atoms with E-state index < -0.39 is 0 Å². The molecule has 1 aromatic heterocycles. The predicted octanol–water partition coefficient (Wildman–Crippen LogP) is 3.15. The summed E-state index contributed by atoms with van der Waals surface area (Å²) >= 11 is 0. The third-order valence-corrected chi connectivity index (χ3v) is 4.03. The van der Waals surface area contributed by atoms with E-state index in [1.54, 1.807) is 6.26 Å². The summed E-state index contributed by atoms with van der Waals surface area (Å²) < 4.78 is 11.2. The molecule has 0 aromatic carbocycles. The molecule has 1 aliphatic carbocycles. The highest BCUT2D eigenvalue weighted by Crippen LogP contribution is 2.39. The van der Waals surface area contributed by atoms with Gasteiger partial charge in [-0.1, -0.05) is 6.92 Å². The van der Waals surface area contributed by atoms with Crippen LogP contribution in [-0.4, -0.2) is 25.3 Å². The normalized spacial score (nSPS) is 19.4. The van der Waals surface area contributed by atoms with Crippen molar-refractivity contribution in [2.75, 3.05) is 13.7 Å². The summed E-state index contributed by atoms with van der Waals surface area (Å²) in [4.78, 5) is 0. The van der Waals surface area contributed by atoms with Crippen LogP contribution in [0.25, 0.3) is 0 Å². The summed E-state index contributed by atoms with van der Waals surface area (Å²) in [6.07, 6.45) is 8.66. The van der Waals surface area contributed by atoms with Crippen LogP contribution in [-0.2, 0) is 11.2 Å². The molecular formula is C15H25NO2. The standard InChI is InChI=1S/C15H25NO2/c1-3-9-16-13(11-14-6-4-10-18-14)12-15(17-2)7-5-8-15/h4,6,10,13,16H,3,5,7-9,11-12H2,1-2H3. The molecule has 0 saturated heterocycles. The molecule has 102 valence electrons. The molecule has 2 rings (SSSR count). The average Bonchev–Trinajstić information content (AvgIpc) is 2.83. The largest absolute Gasteiger partial charge is 0.469 e. The average molecular weight is 251 g/mol. The number of ether oxygens (including phenoxy) is 1. The number of nitrogens with one attached hydrogen (secondary N) is 1. The van der Waals surface area contributed by atoms with Crippen molar-refractivity contribution in [1.29, 1.82) is 0 Å². The van der Waals surface area contributed by atoms with E-state index in [0.717, 1.165) is 31.6 Å². The Labute approximate surface area is 110 Å². The van der Waals surface area contributed by atoms with Gasteiger partial charge in [0.05, 0.1) is 11.9 Å². The fourth-order valence-electron chi connectivity index (χ4n) is 2.75. The highest BCUT2D eigenvalue weighted by atomic mass is 16.5. The predicted molar refractivity (Wildman–Crippen MR) is 72.7 cm³/mol. The van der Waals surface area contributed by atoms with Gasteiger partial charge in [0.25, 0.3) is 0 Å². The maximum atomic E-state index is 5.73. The lowest BCUT2D eigenvalue weighted by Gasteiger charge is -2.43. The topological polar surface area (TPSA) is 34.4 Å². The first kappa shape index (κ1) is 13.6. The smallest absolute Gasteiger partial charge is 0.105 e. The lowest BCUT2D eigenvalue weighted by Crippen LogP contribution is -2.46.